The Morgan fingerprint density at radius 1 is 0.962 bits per heavy atom. The molecule has 0 N–H and O–H groups in total. The van der Waals surface area contributed by atoms with Gasteiger partial charge in [-0.1, -0.05) is 18.2 Å². The molecule has 3 heterocycles. The lowest BCUT2D eigenvalue weighted by Gasteiger charge is -2.25. The van der Waals surface area contributed by atoms with Crippen LogP contribution in [0.5, 0.6) is 11.5 Å². The van der Waals surface area contributed by atoms with Crippen molar-refractivity contribution in [2.75, 3.05) is 26.3 Å². The van der Waals surface area contributed by atoms with Crippen LogP contribution in [-0.2, 0) is 10.0 Å². The van der Waals surface area contributed by atoms with E-state index < -0.39 is 10.0 Å². The number of hydrogen-bond donors (Lipinski definition) is 0. The second kappa shape index (κ2) is 7.46. The molecule has 1 aromatic carbocycles. The third-order valence-corrected chi connectivity index (χ3v) is 7.22. The maximum atomic E-state index is 12.7. The normalized spacial score (nSPS) is 17.8. The predicted molar refractivity (Wildman–Crippen MR) is 98.4 cm³/mol. The van der Waals surface area contributed by atoms with Gasteiger partial charge in [-0.05, 0) is 43.2 Å². The fraction of sp³-hybridized carbons (Fsp3) is 0.389. The molecule has 0 unspecified atom stereocenters. The molecule has 2 aromatic rings. The molecule has 26 heavy (non-hydrogen) atoms. The van der Waals surface area contributed by atoms with Crippen molar-refractivity contribution in [2.24, 2.45) is 0 Å². The molecule has 6 nitrogen and oxygen atoms in total. The summed E-state index contributed by atoms with van der Waals surface area (Å²) in [7, 11) is -3.44. The van der Waals surface area contributed by atoms with Crippen LogP contribution in [0.25, 0.3) is 0 Å². The van der Waals surface area contributed by atoms with E-state index in [-0.39, 0.29) is 4.90 Å². The first-order chi connectivity index (χ1) is 12.6. The number of hydrogen-bond acceptors (Lipinski definition) is 6. The molecule has 138 valence electrons. The van der Waals surface area contributed by atoms with Crippen LogP contribution in [0.1, 0.15) is 19.3 Å². The first-order valence-corrected chi connectivity index (χ1v) is 10.9. The van der Waals surface area contributed by atoms with Crippen molar-refractivity contribution < 1.29 is 17.9 Å². The molecule has 2 aliphatic heterocycles. The summed E-state index contributed by atoms with van der Waals surface area (Å²) in [4.78, 5) is 5.55. The Hall–Kier alpha value is -1.77. The van der Waals surface area contributed by atoms with Crippen LogP contribution in [0.3, 0.4) is 0 Å². The Bertz CT molecular complexity index is 879. The Kier molecular flexibility index (Phi) is 5.06. The SMILES string of the molecule is O=S(=O)(c1ccc(Sc2ccc3c(c2)OCCO3)nc1)N1CCCCC1. The number of fused-ring (bicyclic) bond motifs is 1. The van der Waals surface area contributed by atoms with Crippen molar-refractivity contribution in [3.05, 3.63) is 36.5 Å². The fourth-order valence-corrected chi connectivity index (χ4v) is 5.29. The molecule has 8 heteroatoms. The molecule has 0 saturated carbocycles. The highest BCUT2D eigenvalue weighted by atomic mass is 32.2. The second-order valence-electron chi connectivity index (χ2n) is 6.20. The minimum Gasteiger partial charge on any atom is -0.486 e. The van der Waals surface area contributed by atoms with Crippen molar-refractivity contribution in [2.45, 2.75) is 34.1 Å². The van der Waals surface area contributed by atoms with E-state index in [4.69, 9.17) is 9.47 Å². The summed E-state index contributed by atoms with van der Waals surface area (Å²) in [6, 6.07) is 9.12. The van der Waals surface area contributed by atoms with E-state index in [2.05, 4.69) is 4.98 Å². The summed E-state index contributed by atoms with van der Waals surface area (Å²) in [5.41, 5.74) is 0. The van der Waals surface area contributed by atoms with Gasteiger partial charge in [0.2, 0.25) is 10.0 Å². The number of rotatable bonds is 4. The lowest BCUT2D eigenvalue weighted by atomic mass is 10.2. The van der Waals surface area contributed by atoms with E-state index >= 15 is 0 Å². The van der Waals surface area contributed by atoms with Crippen LogP contribution in [0.4, 0.5) is 0 Å². The van der Waals surface area contributed by atoms with Crippen molar-refractivity contribution in [3.8, 4) is 11.5 Å². The average molecular weight is 393 g/mol. The third kappa shape index (κ3) is 3.67. The molecule has 2 aliphatic rings. The van der Waals surface area contributed by atoms with E-state index in [0.717, 1.165) is 40.7 Å². The van der Waals surface area contributed by atoms with Gasteiger partial charge in [0.25, 0.3) is 0 Å². The summed E-state index contributed by atoms with van der Waals surface area (Å²) >= 11 is 1.46. The summed E-state index contributed by atoms with van der Waals surface area (Å²) < 4.78 is 38.0. The smallest absolute Gasteiger partial charge is 0.244 e. The highest BCUT2D eigenvalue weighted by Gasteiger charge is 2.26. The lowest BCUT2D eigenvalue weighted by molar-refractivity contribution is 0.171. The third-order valence-electron chi connectivity index (χ3n) is 4.40. The maximum absolute atomic E-state index is 12.7. The number of nitrogens with zero attached hydrogens (tertiary/aromatic N) is 2. The topological polar surface area (TPSA) is 68.7 Å². The molecule has 0 amide bonds. The van der Waals surface area contributed by atoms with E-state index in [1.165, 1.54) is 18.0 Å². The van der Waals surface area contributed by atoms with Gasteiger partial charge in [0.15, 0.2) is 11.5 Å². The lowest BCUT2D eigenvalue weighted by Crippen LogP contribution is -2.35. The Balaban J connectivity index is 1.49. The van der Waals surface area contributed by atoms with Crippen LogP contribution < -0.4 is 9.47 Å². The highest BCUT2D eigenvalue weighted by Crippen LogP contribution is 2.36. The molecule has 0 aliphatic carbocycles. The van der Waals surface area contributed by atoms with Gasteiger partial charge in [-0.15, -0.1) is 0 Å². The summed E-state index contributed by atoms with van der Waals surface area (Å²) in [6.45, 7) is 2.29. The average Bonchev–Trinajstić information content (AvgIpc) is 2.69. The fourth-order valence-electron chi connectivity index (χ4n) is 3.04. The zero-order valence-corrected chi connectivity index (χ0v) is 15.9. The molecule has 1 aromatic heterocycles. The molecule has 1 fully saturated rings. The van der Waals surface area contributed by atoms with Gasteiger partial charge < -0.3 is 9.47 Å². The molecule has 0 radical (unpaired) electrons. The van der Waals surface area contributed by atoms with Crippen LogP contribution in [0, 0.1) is 0 Å². The Morgan fingerprint density at radius 3 is 2.46 bits per heavy atom. The zero-order chi connectivity index (χ0) is 18.0. The van der Waals surface area contributed by atoms with Gasteiger partial charge >= 0.3 is 0 Å². The molecule has 0 spiro atoms. The van der Waals surface area contributed by atoms with Gasteiger partial charge in [-0.25, -0.2) is 13.4 Å². The van der Waals surface area contributed by atoms with Gasteiger partial charge in [0.1, 0.15) is 23.1 Å². The van der Waals surface area contributed by atoms with Crippen molar-refractivity contribution in [1.29, 1.82) is 0 Å². The molecule has 1 saturated heterocycles. The highest BCUT2D eigenvalue weighted by molar-refractivity contribution is 7.99. The first-order valence-electron chi connectivity index (χ1n) is 8.67. The minimum absolute atomic E-state index is 0.255. The summed E-state index contributed by atoms with van der Waals surface area (Å²) in [6.07, 6.45) is 4.38. The van der Waals surface area contributed by atoms with Gasteiger partial charge in [-0.2, -0.15) is 4.31 Å². The summed E-state index contributed by atoms with van der Waals surface area (Å²) in [5, 5.41) is 0.735. The van der Waals surface area contributed by atoms with Crippen LogP contribution >= 0.6 is 11.8 Å². The van der Waals surface area contributed by atoms with Gasteiger partial charge in [0, 0.05) is 24.2 Å². The molecule has 4 rings (SSSR count). The van der Waals surface area contributed by atoms with E-state index in [9.17, 15) is 8.42 Å². The monoisotopic (exact) mass is 392 g/mol. The van der Waals surface area contributed by atoms with E-state index in [1.54, 1.807) is 16.4 Å². The Morgan fingerprint density at radius 2 is 1.73 bits per heavy atom. The standard InChI is InChI=1S/C18H20N2O4S2/c21-26(22,20-8-2-1-3-9-20)15-5-7-18(19-13-15)25-14-4-6-16-17(12-14)24-11-10-23-16/h4-7,12-13H,1-3,8-11H2. The van der Waals surface area contributed by atoms with Crippen molar-refractivity contribution >= 4 is 21.8 Å². The van der Waals surface area contributed by atoms with Crippen molar-refractivity contribution in [3.63, 3.8) is 0 Å². The van der Waals surface area contributed by atoms with Crippen LogP contribution in [0.15, 0.2) is 51.3 Å². The molecule has 0 atom stereocenters. The number of pyridine rings is 1. The first kappa shape index (κ1) is 17.6. The number of sulfonamides is 1. The van der Waals surface area contributed by atoms with Crippen LogP contribution in [0.2, 0.25) is 0 Å². The van der Waals surface area contributed by atoms with Gasteiger partial charge in [-0.3, -0.25) is 0 Å². The van der Waals surface area contributed by atoms with Crippen molar-refractivity contribution in [1.82, 2.24) is 9.29 Å². The predicted octanol–water partition coefficient (Wildman–Crippen LogP) is 3.18. The number of aromatic nitrogens is 1. The number of benzene rings is 1. The quantitative estimate of drug-likeness (QED) is 0.796. The zero-order valence-electron chi connectivity index (χ0n) is 14.3. The van der Waals surface area contributed by atoms with E-state index in [0.29, 0.717) is 26.3 Å². The number of piperidine rings is 1. The molecular formula is C18H20N2O4S2. The largest absolute Gasteiger partial charge is 0.486 e. The summed E-state index contributed by atoms with van der Waals surface area (Å²) in [5.74, 6) is 1.47. The minimum atomic E-state index is -3.44. The molecule has 0 bridgehead atoms. The number of ether oxygens (including phenoxy) is 2. The second-order valence-corrected chi connectivity index (χ2v) is 9.24. The van der Waals surface area contributed by atoms with E-state index in [1.807, 2.05) is 18.2 Å². The van der Waals surface area contributed by atoms with Gasteiger partial charge in [0.05, 0.1) is 0 Å². The maximum Gasteiger partial charge on any atom is 0.244 e. The Labute approximate surface area is 157 Å². The van der Waals surface area contributed by atoms with Crippen LogP contribution in [-0.4, -0.2) is 44.0 Å². The molecular weight excluding hydrogens is 372 g/mol.